The van der Waals surface area contributed by atoms with Crippen molar-refractivity contribution in [1.82, 2.24) is 20.4 Å². The first-order chi connectivity index (χ1) is 17.4. The zero-order valence-electron chi connectivity index (χ0n) is 24.7. The van der Waals surface area contributed by atoms with Crippen molar-refractivity contribution in [2.24, 2.45) is 11.8 Å². The number of nitrogens with one attached hydrogen (secondary N) is 2. The molecule has 1 unspecified atom stereocenters. The lowest BCUT2D eigenvalue weighted by Gasteiger charge is -2.39. The number of hydrogen-bond acceptors (Lipinski definition) is 5. The molecule has 0 bridgehead atoms. The van der Waals surface area contributed by atoms with Crippen molar-refractivity contribution >= 4 is 17.7 Å². The van der Waals surface area contributed by atoms with Gasteiger partial charge in [-0.3, -0.25) is 19.3 Å². The second-order valence-corrected chi connectivity index (χ2v) is 11.5. The molecule has 8 nitrogen and oxygen atoms in total. The molecule has 1 fully saturated rings. The fraction of sp³-hybridized carbons (Fsp3) is 0.828. The third kappa shape index (κ3) is 10.8. The molecule has 37 heavy (non-hydrogen) atoms. The predicted molar refractivity (Wildman–Crippen MR) is 150 cm³/mol. The van der Waals surface area contributed by atoms with E-state index in [9.17, 15) is 14.4 Å². The van der Waals surface area contributed by atoms with Gasteiger partial charge in [0.25, 0.3) is 0 Å². The van der Waals surface area contributed by atoms with Gasteiger partial charge >= 0.3 is 0 Å². The van der Waals surface area contributed by atoms with Gasteiger partial charge in [-0.2, -0.15) is 0 Å². The zero-order valence-corrected chi connectivity index (χ0v) is 24.7. The number of piperidine rings is 1. The quantitative estimate of drug-likeness (QED) is 0.226. The molecule has 3 amide bonds. The smallest absolute Gasteiger partial charge is 0.246 e. The van der Waals surface area contributed by atoms with Crippen LogP contribution in [0.4, 0.5) is 0 Å². The van der Waals surface area contributed by atoms with Gasteiger partial charge in [-0.05, 0) is 64.8 Å². The minimum Gasteiger partial charge on any atom is -0.396 e. The average molecular weight is 523 g/mol. The fourth-order valence-electron chi connectivity index (χ4n) is 5.00. The molecule has 0 aromatic rings. The van der Waals surface area contributed by atoms with E-state index in [1.165, 1.54) is 0 Å². The standard InChI is InChI=1S/C29H54N4O4/c1-20(2)25(19-23(7)27(35)30-16-12-9-10-14-18-34)32(8)29(37)26(21(3)4)31-28(36)24-15-11-13-17-33(24)22(5)6/h19-22,24-26,34H,9-18H2,1-8H3,(H,30,35)(H,31,36)/t24?,25-,26+/m1/s1. The summed E-state index contributed by atoms with van der Waals surface area (Å²) in [6.45, 7) is 15.7. The van der Waals surface area contributed by atoms with Crippen molar-refractivity contribution in [2.45, 2.75) is 118 Å². The Morgan fingerprint density at radius 3 is 2.22 bits per heavy atom. The molecule has 0 aromatic heterocycles. The van der Waals surface area contributed by atoms with Crippen molar-refractivity contribution in [2.75, 3.05) is 26.7 Å². The summed E-state index contributed by atoms with van der Waals surface area (Å²) in [4.78, 5) is 43.5. The maximum absolute atomic E-state index is 13.7. The van der Waals surface area contributed by atoms with Gasteiger partial charge in [-0.25, -0.2) is 0 Å². The summed E-state index contributed by atoms with van der Waals surface area (Å²) in [6, 6.07) is -0.834. The van der Waals surface area contributed by atoms with Crippen LogP contribution in [0.3, 0.4) is 0 Å². The summed E-state index contributed by atoms with van der Waals surface area (Å²) < 4.78 is 0. The molecular formula is C29H54N4O4. The Morgan fingerprint density at radius 2 is 1.65 bits per heavy atom. The SMILES string of the molecule is CC(=C[C@H](C(C)C)N(C)C(=O)[C@@H](NC(=O)C1CCCCN1C(C)C)C(C)C)C(=O)NCCCCCCO. The third-order valence-electron chi connectivity index (χ3n) is 7.37. The fourth-order valence-corrected chi connectivity index (χ4v) is 5.00. The van der Waals surface area contributed by atoms with Gasteiger partial charge in [0.15, 0.2) is 0 Å². The summed E-state index contributed by atoms with van der Waals surface area (Å²) in [5, 5.41) is 14.9. The van der Waals surface area contributed by atoms with E-state index in [0.29, 0.717) is 12.1 Å². The molecule has 0 saturated carbocycles. The Labute approximate surface area is 225 Å². The monoisotopic (exact) mass is 522 g/mol. The second kappa shape index (κ2) is 16.8. The number of likely N-dealkylation sites (tertiary alicyclic amines) is 1. The normalized spacial score (nSPS) is 18.7. The summed E-state index contributed by atoms with van der Waals surface area (Å²) in [6.07, 6.45) is 8.37. The number of likely N-dealkylation sites (N-methyl/N-ethyl adjacent to an activating group) is 1. The highest BCUT2D eigenvalue weighted by Gasteiger charge is 2.36. The van der Waals surface area contributed by atoms with Crippen LogP contribution in [0.15, 0.2) is 11.6 Å². The topological polar surface area (TPSA) is 102 Å². The molecule has 0 radical (unpaired) electrons. The zero-order chi connectivity index (χ0) is 28.1. The van der Waals surface area contributed by atoms with E-state index in [1.54, 1.807) is 18.9 Å². The van der Waals surface area contributed by atoms with E-state index in [1.807, 2.05) is 33.8 Å². The number of aliphatic hydroxyl groups is 1. The van der Waals surface area contributed by atoms with Crippen LogP contribution < -0.4 is 10.6 Å². The van der Waals surface area contributed by atoms with Crippen molar-refractivity contribution in [1.29, 1.82) is 0 Å². The number of hydrogen-bond donors (Lipinski definition) is 3. The van der Waals surface area contributed by atoms with Crippen molar-refractivity contribution in [3.05, 3.63) is 11.6 Å². The molecule has 1 rings (SSSR count). The number of carbonyl (C=O) groups is 3. The number of unbranched alkanes of at least 4 members (excludes halogenated alkanes) is 3. The van der Waals surface area contributed by atoms with E-state index >= 15 is 0 Å². The predicted octanol–water partition coefficient (Wildman–Crippen LogP) is 3.49. The van der Waals surface area contributed by atoms with Crippen molar-refractivity contribution < 1.29 is 19.5 Å². The van der Waals surface area contributed by atoms with Crippen LogP contribution in [0.25, 0.3) is 0 Å². The van der Waals surface area contributed by atoms with Gasteiger partial charge in [-0.15, -0.1) is 0 Å². The van der Waals surface area contributed by atoms with Crippen LogP contribution in [0.2, 0.25) is 0 Å². The Bertz CT molecular complexity index is 750. The highest BCUT2D eigenvalue weighted by molar-refractivity contribution is 5.93. The molecule has 1 saturated heterocycles. The van der Waals surface area contributed by atoms with Crippen LogP contribution >= 0.6 is 0 Å². The van der Waals surface area contributed by atoms with Gasteiger partial charge in [0.2, 0.25) is 17.7 Å². The molecule has 1 heterocycles. The minimum absolute atomic E-state index is 0.0676. The third-order valence-corrected chi connectivity index (χ3v) is 7.37. The molecule has 0 aromatic carbocycles. The Balaban J connectivity index is 2.90. The van der Waals surface area contributed by atoms with Gasteiger partial charge < -0.3 is 20.6 Å². The number of amides is 3. The van der Waals surface area contributed by atoms with E-state index in [-0.39, 0.29) is 54.3 Å². The summed E-state index contributed by atoms with van der Waals surface area (Å²) in [5.74, 6) is -0.314. The summed E-state index contributed by atoms with van der Waals surface area (Å²) in [7, 11) is 1.76. The van der Waals surface area contributed by atoms with Crippen molar-refractivity contribution in [3.63, 3.8) is 0 Å². The second-order valence-electron chi connectivity index (χ2n) is 11.5. The largest absolute Gasteiger partial charge is 0.396 e. The van der Waals surface area contributed by atoms with Crippen LogP contribution in [0.5, 0.6) is 0 Å². The number of rotatable bonds is 15. The van der Waals surface area contributed by atoms with Gasteiger partial charge in [0, 0.05) is 31.8 Å². The van der Waals surface area contributed by atoms with Gasteiger partial charge in [0.1, 0.15) is 6.04 Å². The van der Waals surface area contributed by atoms with Gasteiger partial charge in [-0.1, -0.05) is 53.0 Å². The van der Waals surface area contributed by atoms with E-state index in [4.69, 9.17) is 5.11 Å². The molecule has 1 aliphatic heterocycles. The molecular weight excluding hydrogens is 468 g/mol. The Morgan fingerprint density at radius 1 is 1.00 bits per heavy atom. The Hall–Kier alpha value is -1.93. The summed E-state index contributed by atoms with van der Waals surface area (Å²) >= 11 is 0. The number of aliphatic hydroxyl groups excluding tert-OH is 1. The molecule has 0 spiro atoms. The molecule has 0 aliphatic carbocycles. The van der Waals surface area contributed by atoms with E-state index in [0.717, 1.165) is 51.5 Å². The molecule has 3 atom stereocenters. The highest BCUT2D eigenvalue weighted by atomic mass is 16.3. The van der Waals surface area contributed by atoms with E-state index in [2.05, 4.69) is 29.4 Å². The first-order valence-electron chi connectivity index (χ1n) is 14.3. The van der Waals surface area contributed by atoms with Crippen LogP contribution in [0, 0.1) is 11.8 Å². The highest BCUT2D eigenvalue weighted by Crippen LogP contribution is 2.21. The van der Waals surface area contributed by atoms with Gasteiger partial charge in [0.05, 0.1) is 12.1 Å². The molecule has 214 valence electrons. The van der Waals surface area contributed by atoms with Crippen LogP contribution in [-0.4, -0.2) is 83.5 Å². The van der Waals surface area contributed by atoms with Crippen LogP contribution in [-0.2, 0) is 14.4 Å². The minimum atomic E-state index is -0.629. The first-order valence-corrected chi connectivity index (χ1v) is 14.3. The average Bonchev–Trinajstić information content (AvgIpc) is 2.86. The lowest BCUT2D eigenvalue weighted by Crippen LogP contribution is -2.58. The number of nitrogens with zero attached hydrogens (tertiary/aromatic N) is 2. The Kier molecular flexibility index (Phi) is 15.0. The number of carbonyl (C=O) groups excluding carboxylic acids is 3. The van der Waals surface area contributed by atoms with Crippen LogP contribution in [0.1, 0.15) is 93.4 Å². The summed E-state index contributed by atoms with van der Waals surface area (Å²) in [5.41, 5.74) is 0.577. The first kappa shape index (κ1) is 33.1. The van der Waals surface area contributed by atoms with Crippen molar-refractivity contribution in [3.8, 4) is 0 Å². The lowest BCUT2D eigenvalue weighted by molar-refractivity contribution is -0.140. The maximum atomic E-state index is 13.7. The maximum Gasteiger partial charge on any atom is 0.246 e. The molecule has 8 heteroatoms. The molecule has 3 N–H and O–H groups in total. The van der Waals surface area contributed by atoms with E-state index < -0.39 is 6.04 Å². The molecule has 1 aliphatic rings. The lowest BCUT2D eigenvalue weighted by atomic mass is 9.95.